The highest BCUT2D eigenvalue weighted by molar-refractivity contribution is 7.99. The van der Waals surface area contributed by atoms with Gasteiger partial charge in [0.05, 0.1) is 7.11 Å². The van der Waals surface area contributed by atoms with Crippen molar-refractivity contribution < 1.29 is 14.3 Å². The minimum Gasteiger partial charge on any atom is -0.497 e. The molecule has 5 nitrogen and oxygen atoms in total. The molecule has 25 heavy (non-hydrogen) atoms. The van der Waals surface area contributed by atoms with E-state index in [-0.39, 0.29) is 11.9 Å². The van der Waals surface area contributed by atoms with Gasteiger partial charge in [0.2, 0.25) is 5.91 Å². The highest BCUT2D eigenvalue weighted by Crippen LogP contribution is 2.26. The molecule has 2 N–H and O–H groups in total. The fourth-order valence-corrected chi connectivity index (χ4v) is 3.54. The number of carbonyl (C=O) groups excluding carboxylic acids is 1. The summed E-state index contributed by atoms with van der Waals surface area (Å²) in [5, 5.41) is 6.30. The van der Waals surface area contributed by atoms with Crippen LogP contribution in [0.2, 0.25) is 0 Å². The van der Waals surface area contributed by atoms with E-state index in [1.165, 1.54) is 0 Å². The van der Waals surface area contributed by atoms with Crippen molar-refractivity contribution in [3.8, 4) is 17.2 Å². The monoisotopic (exact) mass is 358 g/mol. The number of amides is 1. The Morgan fingerprint density at radius 2 is 2.00 bits per heavy atom. The molecule has 1 aliphatic heterocycles. The van der Waals surface area contributed by atoms with Crippen LogP contribution >= 0.6 is 11.8 Å². The van der Waals surface area contributed by atoms with Crippen LogP contribution < -0.4 is 20.1 Å². The third-order valence-electron chi connectivity index (χ3n) is 3.85. The van der Waals surface area contributed by atoms with Crippen LogP contribution in [0.25, 0.3) is 0 Å². The Balaban J connectivity index is 1.53. The minimum atomic E-state index is 0.0291. The van der Waals surface area contributed by atoms with Crippen molar-refractivity contribution in [1.29, 1.82) is 0 Å². The average molecular weight is 358 g/mol. The van der Waals surface area contributed by atoms with Crippen molar-refractivity contribution in [2.24, 2.45) is 0 Å². The predicted octanol–water partition coefficient (Wildman–Crippen LogP) is 3.52. The molecule has 2 aromatic carbocycles. The first-order valence-electron chi connectivity index (χ1n) is 8.26. The van der Waals surface area contributed by atoms with Crippen LogP contribution in [0.1, 0.15) is 6.42 Å². The average Bonchev–Trinajstić information content (AvgIpc) is 2.64. The lowest BCUT2D eigenvalue weighted by Gasteiger charge is -2.22. The molecule has 1 aliphatic rings. The number of ether oxygens (including phenoxy) is 2. The summed E-state index contributed by atoms with van der Waals surface area (Å²) in [5.74, 6) is 4.29. The maximum Gasteiger partial charge on any atom is 0.225 e. The van der Waals surface area contributed by atoms with Crippen molar-refractivity contribution in [2.75, 3.05) is 30.5 Å². The standard InChI is InChI=1S/C19H22N2O3S/c1-23-17-3-2-4-18(12-17)24-16-7-5-14(6-8-16)21-19(22)11-15-13-25-10-9-20-15/h2-8,12,15,20H,9-11,13H2,1H3,(H,21,22). The number of nitrogens with one attached hydrogen (secondary N) is 2. The van der Waals surface area contributed by atoms with Crippen LogP contribution in [0.3, 0.4) is 0 Å². The second-order valence-electron chi connectivity index (χ2n) is 5.78. The molecule has 1 amide bonds. The molecule has 1 atom stereocenters. The summed E-state index contributed by atoms with van der Waals surface area (Å²) in [6, 6.07) is 15.1. The smallest absolute Gasteiger partial charge is 0.225 e. The van der Waals surface area contributed by atoms with Crippen molar-refractivity contribution in [2.45, 2.75) is 12.5 Å². The Morgan fingerprint density at radius 3 is 2.72 bits per heavy atom. The van der Waals surface area contributed by atoms with Crippen molar-refractivity contribution in [3.63, 3.8) is 0 Å². The second-order valence-corrected chi connectivity index (χ2v) is 6.93. The molecule has 3 rings (SSSR count). The number of methoxy groups -OCH3 is 1. The summed E-state index contributed by atoms with van der Waals surface area (Å²) >= 11 is 1.89. The van der Waals surface area contributed by atoms with Gasteiger partial charge in [-0.1, -0.05) is 6.07 Å². The highest BCUT2D eigenvalue weighted by atomic mass is 32.2. The molecule has 0 aliphatic carbocycles. The molecule has 0 radical (unpaired) electrons. The van der Waals surface area contributed by atoms with Gasteiger partial charge in [-0.15, -0.1) is 0 Å². The van der Waals surface area contributed by atoms with E-state index in [0.29, 0.717) is 17.9 Å². The van der Waals surface area contributed by atoms with E-state index >= 15 is 0 Å². The Hall–Kier alpha value is -2.18. The molecule has 1 fully saturated rings. The van der Waals surface area contributed by atoms with Crippen molar-refractivity contribution in [3.05, 3.63) is 48.5 Å². The van der Waals surface area contributed by atoms with Gasteiger partial charge in [-0.3, -0.25) is 4.79 Å². The molecule has 1 saturated heterocycles. The molecule has 0 aromatic heterocycles. The van der Waals surface area contributed by atoms with E-state index in [9.17, 15) is 4.79 Å². The Bertz CT molecular complexity index is 700. The Morgan fingerprint density at radius 1 is 1.20 bits per heavy atom. The first-order chi connectivity index (χ1) is 12.2. The molecular formula is C19H22N2O3S. The number of anilines is 1. The first kappa shape index (κ1) is 17.6. The molecular weight excluding hydrogens is 336 g/mol. The van der Waals surface area contributed by atoms with Crippen LogP contribution in [-0.4, -0.2) is 37.1 Å². The number of rotatable bonds is 6. The summed E-state index contributed by atoms with van der Waals surface area (Å²) in [4.78, 5) is 12.1. The third-order valence-corrected chi connectivity index (χ3v) is 4.98. The largest absolute Gasteiger partial charge is 0.497 e. The minimum absolute atomic E-state index is 0.0291. The highest BCUT2D eigenvalue weighted by Gasteiger charge is 2.16. The van der Waals surface area contributed by atoms with Gasteiger partial charge in [0.1, 0.15) is 17.2 Å². The number of benzene rings is 2. The first-order valence-corrected chi connectivity index (χ1v) is 9.41. The van der Waals surface area contributed by atoms with Crippen LogP contribution in [0, 0.1) is 0 Å². The summed E-state index contributed by atoms with van der Waals surface area (Å²) in [6.45, 7) is 0.971. The molecule has 0 spiro atoms. The van der Waals surface area contributed by atoms with E-state index in [1.54, 1.807) is 7.11 Å². The van der Waals surface area contributed by atoms with E-state index in [4.69, 9.17) is 9.47 Å². The van der Waals surface area contributed by atoms with Gasteiger partial charge in [0.15, 0.2) is 0 Å². The van der Waals surface area contributed by atoms with Crippen LogP contribution in [0.5, 0.6) is 17.2 Å². The van der Waals surface area contributed by atoms with Gasteiger partial charge in [-0.2, -0.15) is 11.8 Å². The normalized spacial score (nSPS) is 16.9. The van der Waals surface area contributed by atoms with Crippen LogP contribution in [-0.2, 0) is 4.79 Å². The zero-order valence-corrected chi connectivity index (χ0v) is 15.0. The number of thioether (sulfide) groups is 1. The lowest BCUT2D eigenvalue weighted by atomic mass is 10.2. The van der Waals surface area contributed by atoms with E-state index in [1.807, 2.05) is 60.3 Å². The molecule has 1 heterocycles. The molecule has 0 bridgehead atoms. The van der Waals surface area contributed by atoms with Gasteiger partial charge >= 0.3 is 0 Å². The fraction of sp³-hybridized carbons (Fsp3) is 0.316. The number of carbonyl (C=O) groups is 1. The zero-order valence-electron chi connectivity index (χ0n) is 14.2. The molecule has 6 heteroatoms. The maximum absolute atomic E-state index is 12.1. The van der Waals surface area contributed by atoms with Crippen molar-refractivity contribution in [1.82, 2.24) is 5.32 Å². The van der Waals surface area contributed by atoms with E-state index in [2.05, 4.69) is 10.6 Å². The van der Waals surface area contributed by atoms with E-state index in [0.717, 1.165) is 29.5 Å². The van der Waals surface area contributed by atoms with Crippen LogP contribution in [0.4, 0.5) is 5.69 Å². The Kier molecular flexibility index (Phi) is 6.19. The van der Waals surface area contributed by atoms with Gasteiger partial charge in [-0.05, 0) is 36.4 Å². The number of hydrogen-bond donors (Lipinski definition) is 2. The molecule has 2 aromatic rings. The summed E-state index contributed by atoms with van der Waals surface area (Å²) < 4.78 is 11.0. The second kappa shape index (κ2) is 8.78. The molecule has 0 saturated carbocycles. The zero-order chi connectivity index (χ0) is 17.5. The van der Waals surface area contributed by atoms with Gasteiger partial charge in [0, 0.05) is 42.3 Å². The van der Waals surface area contributed by atoms with Gasteiger partial charge in [0.25, 0.3) is 0 Å². The predicted molar refractivity (Wildman–Crippen MR) is 102 cm³/mol. The van der Waals surface area contributed by atoms with Crippen molar-refractivity contribution >= 4 is 23.4 Å². The van der Waals surface area contributed by atoms with Gasteiger partial charge < -0.3 is 20.1 Å². The van der Waals surface area contributed by atoms with Gasteiger partial charge in [-0.25, -0.2) is 0 Å². The SMILES string of the molecule is COc1cccc(Oc2ccc(NC(=O)CC3CSCCN3)cc2)c1. The maximum atomic E-state index is 12.1. The fourth-order valence-electron chi connectivity index (χ4n) is 2.59. The lowest BCUT2D eigenvalue weighted by molar-refractivity contribution is -0.116. The molecule has 132 valence electrons. The lowest BCUT2D eigenvalue weighted by Crippen LogP contribution is -2.39. The Labute approximate surface area is 152 Å². The summed E-state index contributed by atoms with van der Waals surface area (Å²) in [7, 11) is 1.62. The van der Waals surface area contributed by atoms with Crippen LogP contribution in [0.15, 0.2) is 48.5 Å². The number of hydrogen-bond acceptors (Lipinski definition) is 5. The third kappa shape index (κ3) is 5.41. The summed E-state index contributed by atoms with van der Waals surface area (Å²) in [5.41, 5.74) is 0.770. The molecule has 1 unspecified atom stereocenters. The summed E-state index contributed by atoms with van der Waals surface area (Å²) in [6.07, 6.45) is 0.495. The topological polar surface area (TPSA) is 59.6 Å². The quantitative estimate of drug-likeness (QED) is 0.827. The van der Waals surface area contributed by atoms with E-state index < -0.39 is 0 Å².